The highest BCUT2D eigenvalue weighted by Crippen LogP contribution is 2.16. The molecule has 1 aliphatic rings. The van der Waals surface area contributed by atoms with Crippen LogP contribution in [0.5, 0.6) is 0 Å². The van der Waals surface area contributed by atoms with Crippen molar-refractivity contribution in [2.24, 2.45) is 5.73 Å². The SMILES string of the molecule is CCCc1nc(CN2CC[C@@H](N)C2)cs1.Cl.Cl. The summed E-state index contributed by atoms with van der Waals surface area (Å²) in [7, 11) is 0. The molecule has 0 spiro atoms. The molecule has 0 bridgehead atoms. The molecule has 0 radical (unpaired) electrons. The number of nitrogens with zero attached hydrogens (tertiary/aromatic N) is 2. The lowest BCUT2D eigenvalue weighted by Gasteiger charge is -2.12. The monoisotopic (exact) mass is 297 g/mol. The molecule has 1 saturated heterocycles. The molecule has 1 aliphatic heterocycles. The van der Waals surface area contributed by atoms with Crippen LogP contribution in [0.1, 0.15) is 30.5 Å². The zero-order chi connectivity index (χ0) is 10.7. The van der Waals surface area contributed by atoms with E-state index in [4.69, 9.17) is 5.73 Å². The number of nitrogens with two attached hydrogens (primary N) is 1. The number of hydrogen-bond donors (Lipinski definition) is 1. The van der Waals surface area contributed by atoms with Crippen molar-refractivity contribution in [3.05, 3.63) is 16.1 Å². The van der Waals surface area contributed by atoms with Crippen molar-refractivity contribution in [2.75, 3.05) is 13.1 Å². The molecule has 0 amide bonds. The zero-order valence-corrected chi connectivity index (χ0v) is 12.5. The summed E-state index contributed by atoms with van der Waals surface area (Å²) in [5.74, 6) is 0. The van der Waals surface area contributed by atoms with Crippen LogP contribution in [0.2, 0.25) is 0 Å². The van der Waals surface area contributed by atoms with Gasteiger partial charge in [0.25, 0.3) is 0 Å². The molecule has 0 aliphatic carbocycles. The lowest BCUT2D eigenvalue weighted by molar-refractivity contribution is 0.323. The van der Waals surface area contributed by atoms with Gasteiger partial charge >= 0.3 is 0 Å². The van der Waals surface area contributed by atoms with Gasteiger partial charge in [-0.15, -0.1) is 36.2 Å². The first-order valence-corrected chi connectivity index (χ1v) is 6.57. The molecule has 0 saturated carbocycles. The maximum Gasteiger partial charge on any atom is 0.0928 e. The standard InChI is InChI=1S/C11H19N3S.2ClH/c1-2-3-11-13-10(8-15-11)7-14-5-4-9(12)6-14;;/h8-9H,2-7,12H2,1H3;2*1H/t9-;;/m1../s1. The smallest absolute Gasteiger partial charge is 0.0928 e. The van der Waals surface area contributed by atoms with E-state index in [1.54, 1.807) is 11.3 Å². The number of hydrogen-bond acceptors (Lipinski definition) is 4. The zero-order valence-electron chi connectivity index (χ0n) is 10.1. The number of likely N-dealkylation sites (tertiary alicyclic amines) is 1. The number of aromatic nitrogens is 1. The van der Waals surface area contributed by atoms with Crippen LogP contribution in [0.4, 0.5) is 0 Å². The first-order valence-electron chi connectivity index (χ1n) is 5.69. The summed E-state index contributed by atoms with van der Waals surface area (Å²) in [5, 5.41) is 3.46. The first kappa shape index (κ1) is 17.1. The molecule has 0 unspecified atom stereocenters. The predicted molar refractivity (Wildman–Crippen MR) is 78.5 cm³/mol. The van der Waals surface area contributed by atoms with Crippen LogP contribution in [0.15, 0.2) is 5.38 Å². The van der Waals surface area contributed by atoms with Crippen LogP contribution in [0.3, 0.4) is 0 Å². The molecule has 1 atom stereocenters. The van der Waals surface area contributed by atoms with Crippen LogP contribution in [-0.2, 0) is 13.0 Å². The van der Waals surface area contributed by atoms with E-state index in [9.17, 15) is 0 Å². The highest BCUT2D eigenvalue weighted by atomic mass is 35.5. The molecular weight excluding hydrogens is 277 g/mol. The van der Waals surface area contributed by atoms with E-state index in [1.807, 2.05) is 0 Å². The summed E-state index contributed by atoms with van der Waals surface area (Å²) < 4.78 is 0. The average Bonchev–Trinajstić information content (AvgIpc) is 2.78. The normalized spacial score (nSPS) is 19.8. The van der Waals surface area contributed by atoms with Crippen LogP contribution >= 0.6 is 36.2 Å². The summed E-state index contributed by atoms with van der Waals surface area (Å²) >= 11 is 1.79. The van der Waals surface area contributed by atoms with E-state index in [1.165, 1.54) is 17.1 Å². The third kappa shape index (κ3) is 5.10. The van der Waals surface area contributed by atoms with Crippen LogP contribution < -0.4 is 5.73 Å². The lowest BCUT2D eigenvalue weighted by Crippen LogP contribution is -2.26. The summed E-state index contributed by atoms with van der Waals surface area (Å²) in [6.45, 7) is 5.33. The van der Waals surface area contributed by atoms with Crippen molar-refractivity contribution < 1.29 is 0 Å². The number of halogens is 2. The van der Waals surface area contributed by atoms with Crippen molar-refractivity contribution in [2.45, 2.75) is 38.8 Å². The highest BCUT2D eigenvalue weighted by molar-refractivity contribution is 7.09. The van der Waals surface area contributed by atoms with Crippen molar-refractivity contribution in [1.29, 1.82) is 0 Å². The van der Waals surface area contributed by atoms with E-state index in [0.717, 1.165) is 32.5 Å². The molecule has 6 heteroatoms. The van der Waals surface area contributed by atoms with Crippen LogP contribution in [0.25, 0.3) is 0 Å². The van der Waals surface area contributed by atoms with Gasteiger partial charge in [-0.25, -0.2) is 4.98 Å². The molecule has 0 aromatic carbocycles. The minimum absolute atomic E-state index is 0. The van der Waals surface area contributed by atoms with Crippen molar-refractivity contribution in [3.63, 3.8) is 0 Å². The van der Waals surface area contributed by atoms with Gasteiger partial charge in [-0.2, -0.15) is 0 Å². The maximum atomic E-state index is 5.87. The Balaban J connectivity index is 0.00000128. The summed E-state index contributed by atoms with van der Waals surface area (Å²) in [4.78, 5) is 7.02. The van der Waals surface area contributed by atoms with E-state index in [-0.39, 0.29) is 24.8 Å². The molecule has 2 heterocycles. The van der Waals surface area contributed by atoms with Gasteiger partial charge in [-0.05, 0) is 19.3 Å². The second kappa shape index (κ2) is 8.27. The molecular formula is C11H21Cl2N3S. The Hall–Kier alpha value is 0.130. The van der Waals surface area contributed by atoms with Gasteiger partial charge in [0.15, 0.2) is 0 Å². The number of aryl methyl sites for hydroxylation is 1. The van der Waals surface area contributed by atoms with Gasteiger partial charge < -0.3 is 5.73 Å². The van der Waals surface area contributed by atoms with E-state index >= 15 is 0 Å². The van der Waals surface area contributed by atoms with E-state index in [0.29, 0.717) is 6.04 Å². The topological polar surface area (TPSA) is 42.2 Å². The maximum absolute atomic E-state index is 5.87. The fraction of sp³-hybridized carbons (Fsp3) is 0.727. The minimum atomic E-state index is 0. The van der Waals surface area contributed by atoms with Gasteiger partial charge in [0.05, 0.1) is 10.7 Å². The average molecular weight is 298 g/mol. The minimum Gasteiger partial charge on any atom is -0.326 e. The Morgan fingerprint density at radius 3 is 2.88 bits per heavy atom. The highest BCUT2D eigenvalue weighted by Gasteiger charge is 2.19. The van der Waals surface area contributed by atoms with Gasteiger partial charge in [-0.1, -0.05) is 6.92 Å². The molecule has 1 fully saturated rings. The molecule has 17 heavy (non-hydrogen) atoms. The van der Waals surface area contributed by atoms with Crippen molar-refractivity contribution in [1.82, 2.24) is 9.88 Å². The third-order valence-corrected chi connectivity index (χ3v) is 3.72. The Morgan fingerprint density at radius 2 is 2.29 bits per heavy atom. The van der Waals surface area contributed by atoms with Gasteiger partial charge in [0, 0.05) is 31.1 Å². The quantitative estimate of drug-likeness (QED) is 0.928. The Morgan fingerprint density at radius 1 is 1.53 bits per heavy atom. The Labute approximate surface area is 120 Å². The number of thiazole rings is 1. The third-order valence-electron chi connectivity index (χ3n) is 2.76. The van der Waals surface area contributed by atoms with Gasteiger partial charge in [0.1, 0.15) is 0 Å². The Bertz CT molecular complexity index is 319. The molecule has 1 aromatic heterocycles. The fourth-order valence-electron chi connectivity index (χ4n) is 1.99. The Kier molecular flexibility index (Phi) is 8.33. The predicted octanol–water partition coefficient (Wildman–Crippen LogP) is 2.47. The van der Waals surface area contributed by atoms with Gasteiger partial charge in [-0.3, -0.25) is 4.90 Å². The summed E-state index contributed by atoms with van der Waals surface area (Å²) in [6.07, 6.45) is 3.43. The largest absolute Gasteiger partial charge is 0.326 e. The fourth-order valence-corrected chi connectivity index (χ4v) is 2.88. The van der Waals surface area contributed by atoms with Crippen LogP contribution in [0, 0.1) is 0 Å². The van der Waals surface area contributed by atoms with Crippen LogP contribution in [-0.4, -0.2) is 29.0 Å². The molecule has 100 valence electrons. The van der Waals surface area contributed by atoms with E-state index in [2.05, 4.69) is 22.2 Å². The van der Waals surface area contributed by atoms with Crippen molar-refractivity contribution in [3.8, 4) is 0 Å². The molecule has 1 aromatic rings. The van der Waals surface area contributed by atoms with Gasteiger partial charge in [0.2, 0.25) is 0 Å². The number of rotatable bonds is 4. The second-order valence-electron chi connectivity index (χ2n) is 4.27. The van der Waals surface area contributed by atoms with Crippen molar-refractivity contribution >= 4 is 36.2 Å². The van der Waals surface area contributed by atoms with E-state index < -0.39 is 0 Å². The molecule has 3 nitrogen and oxygen atoms in total. The summed E-state index contributed by atoms with van der Waals surface area (Å²) in [5.41, 5.74) is 7.09. The molecule has 2 N–H and O–H groups in total. The lowest BCUT2D eigenvalue weighted by atomic mass is 10.3. The first-order chi connectivity index (χ1) is 7.28. The molecule has 2 rings (SSSR count). The second-order valence-corrected chi connectivity index (χ2v) is 5.21. The summed E-state index contributed by atoms with van der Waals surface area (Å²) in [6, 6.07) is 0.374.